The molecule has 19 heavy (non-hydrogen) atoms. The number of aromatic nitrogens is 2. The zero-order valence-electron chi connectivity index (χ0n) is 10.0. The molecule has 0 amide bonds. The maximum absolute atomic E-state index is 8.98. The highest BCUT2D eigenvalue weighted by molar-refractivity contribution is 6.09. The Morgan fingerprint density at radius 1 is 1.32 bits per heavy atom. The predicted molar refractivity (Wildman–Crippen MR) is 69.8 cm³/mol. The molecule has 6 nitrogen and oxygen atoms in total. The monoisotopic (exact) mass is 253 g/mol. The molecule has 0 aliphatic rings. The highest BCUT2D eigenvalue weighted by atomic mass is 16.6. The zero-order valence-corrected chi connectivity index (χ0v) is 10.0. The van der Waals surface area contributed by atoms with Gasteiger partial charge in [0.2, 0.25) is 5.71 Å². The van der Waals surface area contributed by atoms with Crippen molar-refractivity contribution in [3.63, 3.8) is 0 Å². The zero-order chi connectivity index (χ0) is 13.5. The second-order valence-corrected chi connectivity index (χ2v) is 3.59. The lowest BCUT2D eigenvalue weighted by Gasteiger charge is -2.01. The SMILES string of the molecule is N#C/C(=N\OCc1cccc(N)n1)c1ccccn1. The summed E-state index contributed by atoms with van der Waals surface area (Å²) >= 11 is 0. The van der Waals surface area contributed by atoms with Crippen molar-refractivity contribution in [2.45, 2.75) is 6.61 Å². The summed E-state index contributed by atoms with van der Waals surface area (Å²) in [5.74, 6) is 0.412. The largest absolute Gasteiger partial charge is 0.388 e. The Morgan fingerprint density at radius 3 is 2.89 bits per heavy atom. The summed E-state index contributed by atoms with van der Waals surface area (Å²) in [6.45, 7) is 0.142. The van der Waals surface area contributed by atoms with Gasteiger partial charge in [-0.15, -0.1) is 0 Å². The lowest BCUT2D eigenvalue weighted by Crippen LogP contribution is -2.02. The van der Waals surface area contributed by atoms with Gasteiger partial charge in [0.1, 0.15) is 17.6 Å². The first-order valence-corrected chi connectivity index (χ1v) is 5.52. The fourth-order valence-corrected chi connectivity index (χ4v) is 1.37. The van der Waals surface area contributed by atoms with Crippen molar-refractivity contribution in [3.05, 3.63) is 54.0 Å². The molecule has 0 fully saturated rings. The van der Waals surface area contributed by atoms with Gasteiger partial charge >= 0.3 is 0 Å². The van der Waals surface area contributed by atoms with Crippen LogP contribution in [0.2, 0.25) is 0 Å². The Bertz CT molecular complexity index is 618. The standard InChI is InChI=1S/C13H11N5O/c14-8-12(11-5-1-2-7-16-11)18-19-9-10-4-3-6-13(15)17-10/h1-7H,9H2,(H2,15,17)/b18-12+. The Balaban J connectivity index is 2.04. The van der Waals surface area contributed by atoms with E-state index in [-0.39, 0.29) is 12.3 Å². The molecule has 2 N–H and O–H groups in total. The molecule has 0 saturated heterocycles. The topological polar surface area (TPSA) is 97.2 Å². The molecule has 0 bridgehead atoms. The first-order chi connectivity index (χ1) is 9.29. The molecule has 94 valence electrons. The summed E-state index contributed by atoms with van der Waals surface area (Å²) in [6.07, 6.45) is 1.58. The Labute approximate surface area is 110 Å². The molecule has 0 spiro atoms. The van der Waals surface area contributed by atoms with Crippen LogP contribution in [-0.4, -0.2) is 15.7 Å². The first kappa shape index (κ1) is 12.5. The van der Waals surface area contributed by atoms with Crippen LogP contribution in [0.5, 0.6) is 0 Å². The average Bonchev–Trinajstić information content (AvgIpc) is 2.45. The molecule has 6 heteroatoms. The summed E-state index contributed by atoms with van der Waals surface area (Å²) < 4.78 is 0. The van der Waals surface area contributed by atoms with Crippen molar-refractivity contribution in [1.29, 1.82) is 5.26 Å². The van der Waals surface area contributed by atoms with Gasteiger partial charge in [-0.2, -0.15) is 5.26 Å². The molecular weight excluding hydrogens is 242 g/mol. The molecule has 0 aliphatic heterocycles. The van der Waals surface area contributed by atoms with Crippen LogP contribution in [0, 0.1) is 11.3 Å². The van der Waals surface area contributed by atoms with Crippen molar-refractivity contribution in [2.24, 2.45) is 5.16 Å². The van der Waals surface area contributed by atoms with E-state index in [0.717, 1.165) is 0 Å². The maximum atomic E-state index is 8.98. The van der Waals surface area contributed by atoms with E-state index in [9.17, 15) is 0 Å². The minimum atomic E-state index is 0.115. The average molecular weight is 253 g/mol. The van der Waals surface area contributed by atoms with Crippen molar-refractivity contribution < 1.29 is 4.84 Å². The number of hydrogen-bond donors (Lipinski definition) is 1. The molecule has 2 aromatic rings. The normalized spacial score (nSPS) is 10.8. The number of hydrogen-bond acceptors (Lipinski definition) is 6. The van der Waals surface area contributed by atoms with Gasteiger partial charge in [0.15, 0.2) is 6.61 Å². The number of oxime groups is 1. The molecule has 2 rings (SSSR count). The molecule has 2 heterocycles. The fraction of sp³-hybridized carbons (Fsp3) is 0.0769. The van der Waals surface area contributed by atoms with Gasteiger partial charge in [0.25, 0.3) is 0 Å². The van der Waals surface area contributed by atoms with Crippen LogP contribution in [-0.2, 0) is 11.4 Å². The smallest absolute Gasteiger partial charge is 0.205 e. The maximum Gasteiger partial charge on any atom is 0.205 e. The van der Waals surface area contributed by atoms with E-state index < -0.39 is 0 Å². The third-order valence-corrected chi connectivity index (χ3v) is 2.21. The van der Waals surface area contributed by atoms with Crippen molar-refractivity contribution in [1.82, 2.24) is 9.97 Å². The van der Waals surface area contributed by atoms with Gasteiger partial charge in [-0.1, -0.05) is 17.3 Å². The van der Waals surface area contributed by atoms with E-state index in [1.807, 2.05) is 6.07 Å². The third kappa shape index (κ3) is 3.51. The number of rotatable bonds is 4. The van der Waals surface area contributed by atoms with E-state index in [0.29, 0.717) is 17.2 Å². The minimum Gasteiger partial charge on any atom is -0.388 e. The predicted octanol–water partition coefficient (Wildman–Crippen LogP) is 1.50. The van der Waals surface area contributed by atoms with Crippen LogP contribution < -0.4 is 5.73 Å². The summed E-state index contributed by atoms with van der Waals surface area (Å²) in [6, 6.07) is 12.4. The van der Waals surface area contributed by atoms with Crippen LogP contribution in [0.25, 0.3) is 0 Å². The number of nitriles is 1. The Morgan fingerprint density at radius 2 is 2.21 bits per heavy atom. The molecule has 0 radical (unpaired) electrons. The summed E-state index contributed by atoms with van der Waals surface area (Å²) in [5, 5.41) is 12.7. The van der Waals surface area contributed by atoms with Gasteiger partial charge in [-0.05, 0) is 24.3 Å². The fourth-order valence-electron chi connectivity index (χ4n) is 1.37. The summed E-state index contributed by atoms with van der Waals surface area (Å²) in [4.78, 5) is 13.2. The van der Waals surface area contributed by atoms with Gasteiger partial charge < -0.3 is 10.6 Å². The molecule has 0 aromatic carbocycles. The summed E-state index contributed by atoms with van der Waals surface area (Å²) in [7, 11) is 0. The van der Waals surface area contributed by atoms with Crippen LogP contribution in [0.4, 0.5) is 5.82 Å². The van der Waals surface area contributed by atoms with E-state index in [2.05, 4.69) is 15.1 Å². The van der Waals surface area contributed by atoms with Gasteiger partial charge in [0, 0.05) is 6.20 Å². The van der Waals surface area contributed by atoms with E-state index in [1.165, 1.54) is 0 Å². The lowest BCUT2D eigenvalue weighted by molar-refractivity contribution is 0.128. The van der Waals surface area contributed by atoms with Crippen molar-refractivity contribution in [2.75, 3.05) is 5.73 Å². The van der Waals surface area contributed by atoms with E-state index in [4.69, 9.17) is 15.8 Å². The van der Waals surface area contributed by atoms with Gasteiger partial charge in [-0.25, -0.2) is 4.98 Å². The van der Waals surface area contributed by atoms with Crippen LogP contribution in [0.15, 0.2) is 47.8 Å². The highest BCUT2D eigenvalue weighted by Gasteiger charge is 2.04. The summed E-state index contributed by atoms with van der Waals surface area (Å²) in [5.41, 5.74) is 6.76. The number of anilines is 1. The highest BCUT2D eigenvalue weighted by Crippen LogP contribution is 2.03. The minimum absolute atomic E-state index is 0.115. The Hall–Kier alpha value is -2.94. The quantitative estimate of drug-likeness (QED) is 0.657. The number of nitrogens with zero attached hydrogens (tertiary/aromatic N) is 4. The third-order valence-electron chi connectivity index (χ3n) is 2.21. The molecular formula is C13H11N5O. The van der Waals surface area contributed by atoms with E-state index in [1.54, 1.807) is 42.6 Å². The lowest BCUT2D eigenvalue weighted by atomic mass is 10.2. The second kappa shape index (κ2) is 6.12. The van der Waals surface area contributed by atoms with Crippen molar-refractivity contribution >= 4 is 11.5 Å². The van der Waals surface area contributed by atoms with Crippen LogP contribution in [0.1, 0.15) is 11.4 Å². The Kier molecular flexibility index (Phi) is 4.03. The van der Waals surface area contributed by atoms with Gasteiger partial charge in [-0.3, -0.25) is 4.98 Å². The molecule has 0 atom stereocenters. The molecule has 0 aliphatic carbocycles. The van der Waals surface area contributed by atoms with Crippen LogP contribution in [0.3, 0.4) is 0 Å². The number of nitrogen functional groups attached to an aromatic ring is 1. The van der Waals surface area contributed by atoms with Crippen LogP contribution >= 0.6 is 0 Å². The number of pyridine rings is 2. The molecule has 2 aromatic heterocycles. The first-order valence-electron chi connectivity index (χ1n) is 5.52. The molecule has 0 unspecified atom stereocenters. The van der Waals surface area contributed by atoms with Gasteiger partial charge in [0.05, 0.1) is 5.69 Å². The van der Waals surface area contributed by atoms with E-state index >= 15 is 0 Å². The van der Waals surface area contributed by atoms with Crippen molar-refractivity contribution in [3.8, 4) is 6.07 Å². The number of nitrogens with two attached hydrogens (primary N) is 1. The molecule has 0 saturated carbocycles. The second-order valence-electron chi connectivity index (χ2n) is 3.59.